The lowest BCUT2D eigenvalue weighted by molar-refractivity contribution is -0.151. The van der Waals surface area contributed by atoms with Crippen LogP contribution in [-0.4, -0.2) is 24.8 Å². The molecular formula is C31H44O4. The molecule has 0 aromatic heterocycles. The van der Waals surface area contributed by atoms with Crippen LogP contribution in [-0.2, 0) is 19.0 Å². The lowest BCUT2D eigenvalue weighted by Crippen LogP contribution is -2.54. The quantitative estimate of drug-likeness (QED) is 0.293. The molecule has 0 saturated heterocycles. The topological polar surface area (TPSA) is 44.8 Å². The third-order valence-corrected chi connectivity index (χ3v) is 10.8. The molecule has 6 aliphatic rings. The molecule has 3 fully saturated rings. The van der Waals surface area contributed by atoms with Gasteiger partial charge in [-0.25, -0.2) is 0 Å². The third-order valence-electron chi connectivity index (χ3n) is 10.8. The monoisotopic (exact) mass is 480 g/mol. The summed E-state index contributed by atoms with van der Waals surface area (Å²) in [5.74, 6) is 4.35. The van der Waals surface area contributed by atoms with Gasteiger partial charge in [0.1, 0.15) is 18.8 Å². The van der Waals surface area contributed by atoms with E-state index in [0.717, 1.165) is 44.4 Å². The van der Waals surface area contributed by atoms with Gasteiger partial charge in [-0.2, -0.15) is 0 Å². The van der Waals surface area contributed by atoms with E-state index in [1.54, 1.807) is 6.92 Å². The summed E-state index contributed by atoms with van der Waals surface area (Å²) in [5.41, 5.74) is 1.82. The number of hydrogen-bond acceptors (Lipinski definition) is 4. The molecule has 4 heteroatoms. The van der Waals surface area contributed by atoms with E-state index in [9.17, 15) is 4.79 Å². The molecule has 7 atom stereocenters. The second kappa shape index (κ2) is 9.30. The van der Waals surface area contributed by atoms with Crippen LogP contribution in [0.4, 0.5) is 0 Å². The summed E-state index contributed by atoms with van der Waals surface area (Å²) in [6.45, 7) is 4.66. The van der Waals surface area contributed by atoms with Gasteiger partial charge in [-0.1, -0.05) is 12.5 Å². The number of ether oxygens (including phenoxy) is 3. The molecule has 0 aromatic rings. The van der Waals surface area contributed by atoms with E-state index in [-0.39, 0.29) is 22.9 Å². The van der Waals surface area contributed by atoms with Crippen LogP contribution in [0.3, 0.4) is 0 Å². The number of fused-ring (bicyclic) bond motifs is 5. The molecule has 0 aliphatic heterocycles. The molecule has 2 unspecified atom stereocenters. The Balaban J connectivity index is 1.24. The summed E-state index contributed by atoms with van der Waals surface area (Å²) < 4.78 is 18.9. The van der Waals surface area contributed by atoms with Crippen molar-refractivity contribution in [1.82, 2.24) is 0 Å². The molecule has 0 N–H and O–H groups in total. The Labute approximate surface area is 211 Å². The van der Waals surface area contributed by atoms with Gasteiger partial charge in [-0.15, -0.1) is 0 Å². The van der Waals surface area contributed by atoms with Crippen molar-refractivity contribution in [2.75, 3.05) is 6.61 Å². The molecule has 0 radical (unpaired) electrons. The Bertz CT molecular complexity index is 930. The predicted octanol–water partition coefficient (Wildman–Crippen LogP) is 7.40. The zero-order chi connectivity index (χ0) is 24.0. The van der Waals surface area contributed by atoms with Crippen molar-refractivity contribution in [3.63, 3.8) is 0 Å². The number of rotatable bonds is 6. The average molecular weight is 481 g/mol. The number of carbonyl (C=O) groups excluding carboxylic acids is 1. The van der Waals surface area contributed by atoms with Crippen LogP contribution in [0.1, 0.15) is 104 Å². The Hall–Kier alpha value is -1.71. The number of esters is 1. The van der Waals surface area contributed by atoms with Gasteiger partial charge in [-0.05, 0) is 113 Å². The van der Waals surface area contributed by atoms with Gasteiger partial charge < -0.3 is 14.2 Å². The molecule has 4 nitrogen and oxygen atoms in total. The number of allylic oxidation sites excluding steroid dienone is 4. The lowest BCUT2D eigenvalue weighted by atomic mass is 9.47. The normalized spacial score (nSPS) is 42.2. The zero-order valence-electron chi connectivity index (χ0n) is 21.9. The first kappa shape index (κ1) is 23.7. The Morgan fingerprint density at radius 3 is 2.40 bits per heavy atom. The van der Waals surface area contributed by atoms with E-state index in [0.29, 0.717) is 24.5 Å². The Kier molecular flexibility index (Phi) is 6.29. The third kappa shape index (κ3) is 4.17. The van der Waals surface area contributed by atoms with Crippen LogP contribution >= 0.6 is 0 Å². The second-order valence-corrected chi connectivity index (χ2v) is 12.6. The minimum absolute atomic E-state index is 0.00670. The molecule has 3 saturated carbocycles. The van der Waals surface area contributed by atoms with Crippen molar-refractivity contribution in [3.05, 3.63) is 35.3 Å². The van der Waals surface area contributed by atoms with Crippen LogP contribution < -0.4 is 0 Å². The molecule has 0 bridgehead atoms. The van der Waals surface area contributed by atoms with Gasteiger partial charge in [0.15, 0.2) is 0 Å². The average Bonchev–Trinajstić information content (AvgIpc) is 3.61. The van der Waals surface area contributed by atoms with Crippen molar-refractivity contribution < 1.29 is 19.0 Å². The maximum atomic E-state index is 12.0. The Morgan fingerprint density at radius 1 is 0.914 bits per heavy atom. The highest BCUT2D eigenvalue weighted by molar-refractivity contribution is 5.66. The van der Waals surface area contributed by atoms with E-state index in [4.69, 9.17) is 14.2 Å². The van der Waals surface area contributed by atoms with Gasteiger partial charge in [-0.3, -0.25) is 4.79 Å². The van der Waals surface area contributed by atoms with E-state index < -0.39 is 0 Å². The maximum Gasteiger partial charge on any atom is 0.302 e. The van der Waals surface area contributed by atoms with Gasteiger partial charge in [0.05, 0.1) is 11.5 Å². The Morgan fingerprint density at radius 2 is 1.69 bits per heavy atom. The van der Waals surface area contributed by atoms with Crippen LogP contribution in [0.25, 0.3) is 0 Å². The van der Waals surface area contributed by atoms with Crippen LogP contribution in [0.2, 0.25) is 0 Å². The second-order valence-electron chi connectivity index (χ2n) is 12.6. The van der Waals surface area contributed by atoms with Crippen molar-refractivity contribution in [3.8, 4) is 0 Å². The summed E-state index contributed by atoms with van der Waals surface area (Å²) in [6, 6.07) is 0. The maximum absolute atomic E-state index is 12.0. The minimum Gasteiger partial charge on any atom is -0.495 e. The summed E-state index contributed by atoms with van der Waals surface area (Å²) in [6.07, 6.45) is 24.1. The molecule has 6 aliphatic carbocycles. The summed E-state index contributed by atoms with van der Waals surface area (Å²) in [5, 5.41) is 0. The predicted molar refractivity (Wildman–Crippen MR) is 136 cm³/mol. The molecule has 0 aromatic carbocycles. The van der Waals surface area contributed by atoms with Crippen LogP contribution in [0, 0.1) is 28.6 Å². The van der Waals surface area contributed by atoms with E-state index in [1.807, 2.05) is 0 Å². The molecule has 0 spiro atoms. The standard InChI is InChI=1S/C31H44O4/c1-21(32)33-20-31-18-15-25(34-23-7-3-4-8-23)19-22(31)11-12-26-27-13-14-29(35-24-9-5-6-10-24)30(27,2)17-16-28(26)31/h7,9,19,25-29H,3-6,8,10-18,20H2,1-2H3/t25?,26-,27-,28+,29?,30-,31+/m0/s1. The summed E-state index contributed by atoms with van der Waals surface area (Å²) in [7, 11) is 0. The smallest absolute Gasteiger partial charge is 0.302 e. The van der Waals surface area contributed by atoms with Crippen molar-refractivity contribution in [2.45, 2.75) is 116 Å². The zero-order valence-corrected chi connectivity index (χ0v) is 21.9. The van der Waals surface area contributed by atoms with Gasteiger partial charge in [0, 0.05) is 30.6 Å². The van der Waals surface area contributed by atoms with Gasteiger partial charge in [0.25, 0.3) is 0 Å². The van der Waals surface area contributed by atoms with Crippen molar-refractivity contribution >= 4 is 5.97 Å². The first-order chi connectivity index (χ1) is 17.0. The fourth-order valence-electron chi connectivity index (χ4n) is 9.10. The number of carbonyl (C=O) groups is 1. The van der Waals surface area contributed by atoms with Crippen molar-refractivity contribution in [1.29, 1.82) is 0 Å². The molecule has 0 heterocycles. The number of hydrogen-bond donors (Lipinski definition) is 0. The van der Waals surface area contributed by atoms with E-state index >= 15 is 0 Å². The van der Waals surface area contributed by atoms with Gasteiger partial charge >= 0.3 is 5.97 Å². The molecular weight excluding hydrogens is 436 g/mol. The largest absolute Gasteiger partial charge is 0.495 e. The van der Waals surface area contributed by atoms with Crippen LogP contribution in [0.5, 0.6) is 0 Å². The van der Waals surface area contributed by atoms with Crippen molar-refractivity contribution in [2.24, 2.45) is 28.6 Å². The first-order valence-corrected chi connectivity index (χ1v) is 14.5. The molecule has 0 amide bonds. The highest BCUT2D eigenvalue weighted by atomic mass is 16.5. The molecule has 35 heavy (non-hydrogen) atoms. The van der Waals surface area contributed by atoms with Gasteiger partial charge in [0.2, 0.25) is 0 Å². The lowest BCUT2D eigenvalue weighted by Gasteiger charge is -2.59. The highest BCUT2D eigenvalue weighted by Gasteiger charge is 2.61. The minimum atomic E-state index is -0.143. The molecule has 6 rings (SSSR count). The SMILES string of the molecule is CC(=O)OC[C@]12CCC(OC3=CCCC3)C=C1CC[C@@H]1[C@H]2CC[C@]2(C)C(OC3=CCCC3)CC[C@@H]12. The fraction of sp³-hybridized carbons (Fsp3) is 0.774. The summed E-state index contributed by atoms with van der Waals surface area (Å²) >= 11 is 0. The highest BCUT2D eigenvalue weighted by Crippen LogP contribution is 2.66. The van der Waals surface area contributed by atoms with E-state index in [1.165, 1.54) is 68.5 Å². The summed E-state index contributed by atoms with van der Waals surface area (Å²) in [4.78, 5) is 12.0. The molecule has 192 valence electrons. The van der Waals surface area contributed by atoms with Crippen LogP contribution in [0.15, 0.2) is 35.3 Å². The first-order valence-electron chi connectivity index (χ1n) is 14.5. The van der Waals surface area contributed by atoms with E-state index in [2.05, 4.69) is 25.2 Å². The fourth-order valence-corrected chi connectivity index (χ4v) is 9.10.